The molecule has 0 saturated heterocycles. The molecule has 17 heavy (non-hydrogen) atoms. The lowest BCUT2D eigenvalue weighted by Crippen LogP contribution is -2.36. The van der Waals surface area contributed by atoms with Gasteiger partial charge in [0.15, 0.2) is 0 Å². The SMILES string of the molecule is O=C1Nc2ccccc2CC1OCCCCCl. The number of carbonyl (C=O) groups excluding carboxylic acids is 1. The van der Waals surface area contributed by atoms with Crippen LogP contribution in [0, 0.1) is 0 Å². The van der Waals surface area contributed by atoms with Gasteiger partial charge in [-0.2, -0.15) is 0 Å². The van der Waals surface area contributed by atoms with Crippen molar-refractivity contribution in [3.63, 3.8) is 0 Å². The van der Waals surface area contributed by atoms with Gasteiger partial charge in [-0.15, -0.1) is 11.6 Å². The van der Waals surface area contributed by atoms with E-state index >= 15 is 0 Å². The number of rotatable bonds is 5. The largest absolute Gasteiger partial charge is 0.368 e. The van der Waals surface area contributed by atoms with E-state index in [0.717, 1.165) is 24.1 Å². The van der Waals surface area contributed by atoms with E-state index in [-0.39, 0.29) is 12.0 Å². The molecule has 1 atom stereocenters. The Morgan fingerprint density at radius 1 is 1.35 bits per heavy atom. The van der Waals surface area contributed by atoms with Crippen LogP contribution in [0.25, 0.3) is 0 Å². The normalized spacial score (nSPS) is 18.6. The number of hydrogen-bond acceptors (Lipinski definition) is 2. The van der Waals surface area contributed by atoms with Gasteiger partial charge in [0, 0.05) is 24.6 Å². The first-order chi connectivity index (χ1) is 8.31. The Morgan fingerprint density at radius 2 is 2.18 bits per heavy atom. The number of amides is 1. The lowest BCUT2D eigenvalue weighted by atomic mass is 10.0. The molecule has 0 aromatic heterocycles. The summed E-state index contributed by atoms with van der Waals surface area (Å²) in [5, 5.41) is 2.86. The fourth-order valence-electron chi connectivity index (χ4n) is 1.88. The molecule has 1 heterocycles. The summed E-state index contributed by atoms with van der Waals surface area (Å²) < 4.78 is 5.58. The van der Waals surface area contributed by atoms with Crippen molar-refractivity contribution in [2.75, 3.05) is 17.8 Å². The maximum Gasteiger partial charge on any atom is 0.253 e. The van der Waals surface area contributed by atoms with Gasteiger partial charge in [0.25, 0.3) is 5.91 Å². The van der Waals surface area contributed by atoms with Gasteiger partial charge in [0.2, 0.25) is 0 Å². The second-order valence-electron chi connectivity index (χ2n) is 4.11. The van der Waals surface area contributed by atoms with Crippen molar-refractivity contribution in [3.05, 3.63) is 29.8 Å². The van der Waals surface area contributed by atoms with E-state index < -0.39 is 0 Å². The highest BCUT2D eigenvalue weighted by Gasteiger charge is 2.26. The number of halogens is 1. The maximum atomic E-state index is 11.8. The first-order valence-corrected chi connectivity index (χ1v) is 6.41. The van der Waals surface area contributed by atoms with Crippen LogP contribution in [0.15, 0.2) is 24.3 Å². The molecule has 0 aliphatic carbocycles. The third-order valence-electron chi connectivity index (χ3n) is 2.82. The highest BCUT2D eigenvalue weighted by atomic mass is 35.5. The Balaban J connectivity index is 1.91. The van der Waals surface area contributed by atoms with Crippen molar-refractivity contribution in [2.24, 2.45) is 0 Å². The zero-order chi connectivity index (χ0) is 12.1. The van der Waals surface area contributed by atoms with Crippen LogP contribution in [0.4, 0.5) is 5.69 Å². The van der Waals surface area contributed by atoms with Crippen LogP contribution in [0.5, 0.6) is 0 Å². The zero-order valence-corrected chi connectivity index (χ0v) is 10.4. The molecule has 4 heteroatoms. The minimum atomic E-state index is -0.361. The number of para-hydroxylation sites is 1. The lowest BCUT2D eigenvalue weighted by molar-refractivity contribution is -0.127. The molecule has 0 fully saturated rings. The maximum absolute atomic E-state index is 11.8. The molecule has 1 aromatic carbocycles. The van der Waals surface area contributed by atoms with Crippen molar-refractivity contribution >= 4 is 23.2 Å². The Kier molecular flexibility index (Phi) is 4.40. The summed E-state index contributed by atoms with van der Waals surface area (Å²) >= 11 is 5.58. The number of ether oxygens (including phenoxy) is 1. The highest BCUT2D eigenvalue weighted by Crippen LogP contribution is 2.23. The van der Waals surface area contributed by atoms with E-state index in [4.69, 9.17) is 16.3 Å². The molecule has 92 valence electrons. The molecule has 1 N–H and O–H groups in total. The highest BCUT2D eigenvalue weighted by molar-refractivity contribution is 6.17. The van der Waals surface area contributed by atoms with Gasteiger partial charge in [-0.05, 0) is 24.5 Å². The lowest BCUT2D eigenvalue weighted by Gasteiger charge is -2.24. The zero-order valence-electron chi connectivity index (χ0n) is 9.62. The predicted octanol–water partition coefficient (Wildman–Crippen LogP) is 2.59. The molecule has 0 saturated carbocycles. The summed E-state index contributed by atoms with van der Waals surface area (Å²) in [6.07, 6.45) is 2.12. The minimum absolute atomic E-state index is 0.0467. The predicted molar refractivity (Wildman–Crippen MR) is 68.5 cm³/mol. The van der Waals surface area contributed by atoms with Crippen LogP contribution < -0.4 is 5.32 Å². The first-order valence-electron chi connectivity index (χ1n) is 5.87. The van der Waals surface area contributed by atoms with Crippen molar-refractivity contribution in [1.82, 2.24) is 0 Å². The van der Waals surface area contributed by atoms with E-state index in [1.165, 1.54) is 0 Å². The number of nitrogens with one attached hydrogen (secondary N) is 1. The number of carbonyl (C=O) groups is 1. The molecule has 1 aromatic rings. The summed E-state index contributed by atoms with van der Waals surface area (Å²) in [4.78, 5) is 11.8. The Morgan fingerprint density at radius 3 is 3.00 bits per heavy atom. The van der Waals surface area contributed by atoms with Crippen molar-refractivity contribution < 1.29 is 9.53 Å². The molecule has 3 nitrogen and oxygen atoms in total. The number of benzene rings is 1. The van der Waals surface area contributed by atoms with Crippen LogP contribution in [-0.4, -0.2) is 24.5 Å². The topological polar surface area (TPSA) is 38.3 Å². The molecule has 1 aliphatic heterocycles. The molecule has 1 aliphatic rings. The standard InChI is InChI=1S/C13H16ClNO2/c14-7-3-4-8-17-12-9-10-5-1-2-6-11(10)15-13(12)16/h1-2,5-6,12H,3-4,7-9H2,(H,15,16). The first kappa shape index (κ1) is 12.4. The molecular weight excluding hydrogens is 238 g/mol. The third kappa shape index (κ3) is 3.20. The number of unbranched alkanes of at least 4 members (excludes halogenated alkanes) is 1. The average Bonchev–Trinajstić information content (AvgIpc) is 2.35. The second-order valence-corrected chi connectivity index (χ2v) is 4.48. The van der Waals surface area contributed by atoms with Gasteiger partial charge in [0.1, 0.15) is 6.10 Å². The van der Waals surface area contributed by atoms with E-state index in [0.29, 0.717) is 18.9 Å². The van der Waals surface area contributed by atoms with Gasteiger partial charge in [0.05, 0.1) is 0 Å². The van der Waals surface area contributed by atoms with Crippen LogP contribution in [0.2, 0.25) is 0 Å². The molecule has 2 rings (SSSR count). The molecule has 1 unspecified atom stereocenters. The van der Waals surface area contributed by atoms with E-state index in [1.807, 2.05) is 24.3 Å². The number of alkyl halides is 1. The smallest absolute Gasteiger partial charge is 0.253 e. The monoisotopic (exact) mass is 253 g/mol. The Labute approximate surface area is 106 Å². The van der Waals surface area contributed by atoms with Gasteiger partial charge in [-0.3, -0.25) is 4.79 Å². The number of anilines is 1. The molecule has 0 radical (unpaired) electrons. The summed E-state index contributed by atoms with van der Waals surface area (Å²) in [6, 6.07) is 7.82. The van der Waals surface area contributed by atoms with Crippen molar-refractivity contribution in [1.29, 1.82) is 0 Å². The van der Waals surface area contributed by atoms with Crippen LogP contribution >= 0.6 is 11.6 Å². The summed E-state index contributed by atoms with van der Waals surface area (Å²) in [7, 11) is 0. The molecule has 0 bridgehead atoms. The molecular formula is C13H16ClNO2. The average molecular weight is 254 g/mol. The quantitative estimate of drug-likeness (QED) is 0.647. The Hall–Kier alpha value is -1.06. The fraction of sp³-hybridized carbons (Fsp3) is 0.462. The number of fused-ring (bicyclic) bond motifs is 1. The van der Waals surface area contributed by atoms with Gasteiger partial charge >= 0.3 is 0 Å². The third-order valence-corrected chi connectivity index (χ3v) is 3.09. The Bertz CT molecular complexity index is 395. The van der Waals surface area contributed by atoms with Crippen LogP contribution in [-0.2, 0) is 16.0 Å². The van der Waals surface area contributed by atoms with Crippen molar-refractivity contribution in [2.45, 2.75) is 25.4 Å². The summed E-state index contributed by atoms with van der Waals surface area (Å²) in [5.74, 6) is 0.595. The van der Waals surface area contributed by atoms with E-state index in [9.17, 15) is 4.79 Å². The van der Waals surface area contributed by atoms with Gasteiger partial charge in [-0.1, -0.05) is 18.2 Å². The molecule has 0 spiro atoms. The fourth-order valence-corrected chi connectivity index (χ4v) is 2.07. The summed E-state index contributed by atoms with van der Waals surface area (Å²) in [5.41, 5.74) is 2.03. The minimum Gasteiger partial charge on any atom is -0.368 e. The van der Waals surface area contributed by atoms with Gasteiger partial charge < -0.3 is 10.1 Å². The summed E-state index contributed by atoms with van der Waals surface area (Å²) in [6.45, 7) is 0.590. The number of hydrogen-bond donors (Lipinski definition) is 1. The van der Waals surface area contributed by atoms with Crippen LogP contribution in [0.3, 0.4) is 0 Å². The molecule has 1 amide bonds. The van der Waals surface area contributed by atoms with Crippen molar-refractivity contribution in [3.8, 4) is 0 Å². The van der Waals surface area contributed by atoms with Gasteiger partial charge in [-0.25, -0.2) is 0 Å². The van der Waals surface area contributed by atoms with E-state index in [2.05, 4.69) is 5.32 Å². The second kappa shape index (κ2) is 6.03. The van der Waals surface area contributed by atoms with Crippen LogP contribution in [0.1, 0.15) is 18.4 Å². The van der Waals surface area contributed by atoms with E-state index in [1.54, 1.807) is 0 Å².